The average Bonchev–Trinajstić information content (AvgIpc) is 2.87. The van der Waals surface area contributed by atoms with Crippen molar-refractivity contribution in [1.29, 1.82) is 0 Å². The molecule has 1 aromatic rings. The minimum Gasteiger partial charge on any atom is -0.356 e. The summed E-state index contributed by atoms with van der Waals surface area (Å²) < 4.78 is 22.9. The summed E-state index contributed by atoms with van der Waals surface area (Å²) in [5.74, 6) is 1.57. The normalized spacial score (nSPS) is 19.9. The molecule has 7 heteroatoms. The highest BCUT2D eigenvalue weighted by atomic mass is 127. The van der Waals surface area contributed by atoms with Crippen LogP contribution in [-0.2, 0) is 16.3 Å². The third-order valence-electron chi connectivity index (χ3n) is 3.89. The van der Waals surface area contributed by atoms with Crippen molar-refractivity contribution in [3.05, 3.63) is 35.9 Å². The summed E-state index contributed by atoms with van der Waals surface area (Å²) in [6, 6.07) is 10.4. The van der Waals surface area contributed by atoms with E-state index in [1.807, 2.05) is 6.07 Å². The molecule has 1 saturated heterocycles. The van der Waals surface area contributed by atoms with E-state index >= 15 is 0 Å². The van der Waals surface area contributed by atoms with Gasteiger partial charge in [-0.2, -0.15) is 0 Å². The number of hydrogen-bond acceptors (Lipinski definition) is 3. The van der Waals surface area contributed by atoms with Gasteiger partial charge in [0.25, 0.3) is 0 Å². The van der Waals surface area contributed by atoms with Gasteiger partial charge in [-0.1, -0.05) is 30.3 Å². The molecule has 2 rings (SSSR count). The van der Waals surface area contributed by atoms with Crippen LogP contribution in [0, 0.1) is 5.92 Å². The third kappa shape index (κ3) is 7.52. The van der Waals surface area contributed by atoms with Gasteiger partial charge in [0.1, 0.15) is 0 Å². The Morgan fingerprint density at radius 3 is 2.61 bits per heavy atom. The lowest BCUT2D eigenvalue weighted by atomic mass is 10.1. The number of aliphatic imine (C=N–C) groups is 1. The van der Waals surface area contributed by atoms with Crippen molar-refractivity contribution >= 4 is 39.8 Å². The molecule has 0 spiro atoms. The molecule has 0 aromatic heterocycles. The fourth-order valence-electron chi connectivity index (χ4n) is 2.64. The van der Waals surface area contributed by atoms with Crippen LogP contribution in [-0.4, -0.2) is 46.0 Å². The number of aryl methyl sites for hydroxylation is 1. The maximum Gasteiger partial charge on any atom is 0.190 e. The summed E-state index contributed by atoms with van der Waals surface area (Å²) in [6.45, 7) is 1.51. The standard InChI is InChI=1S/C16H25N3O2S.HI/c1-17-16(19-12-15-9-11-22(20,21)13-15)18-10-5-8-14-6-3-2-4-7-14;/h2-4,6-7,15H,5,8-13H2,1H3,(H2,17,18,19);1H. The SMILES string of the molecule is CN=C(NCCCc1ccccc1)NCC1CCS(=O)(=O)C1.I. The molecule has 1 aromatic carbocycles. The van der Waals surface area contributed by atoms with Gasteiger partial charge in [0.2, 0.25) is 0 Å². The number of rotatable bonds is 6. The molecule has 1 heterocycles. The van der Waals surface area contributed by atoms with Crippen LogP contribution >= 0.6 is 24.0 Å². The molecule has 0 bridgehead atoms. The first-order valence-corrected chi connectivity index (χ1v) is 9.60. The molecule has 1 aliphatic heterocycles. The molecule has 5 nitrogen and oxygen atoms in total. The Balaban J connectivity index is 0.00000264. The van der Waals surface area contributed by atoms with E-state index in [9.17, 15) is 8.42 Å². The Hall–Kier alpha value is -0.830. The second-order valence-electron chi connectivity index (χ2n) is 5.74. The Morgan fingerprint density at radius 2 is 2.00 bits per heavy atom. The monoisotopic (exact) mass is 451 g/mol. The smallest absolute Gasteiger partial charge is 0.190 e. The molecular formula is C16H26IN3O2S. The van der Waals surface area contributed by atoms with E-state index in [-0.39, 0.29) is 29.9 Å². The Kier molecular flexibility index (Phi) is 8.90. The maximum atomic E-state index is 11.4. The average molecular weight is 451 g/mol. The van der Waals surface area contributed by atoms with E-state index in [1.165, 1.54) is 5.56 Å². The number of halogens is 1. The lowest BCUT2D eigenvalue weighted by molar-refractivity contribution is 0.566. The van der Waals surface area contributed by atoms with E-state index in [4.69, 9.17) is 0 Å². The van der Waals surface area contributed by atoms with E-state index in [2.05, 4.69) is 39.9 Å². The highest BCUT2D eigenvalue weighted by molar-refractivity contribution is 14.0. The van der Waals surface area contributed by atoms with Crippen LogP contribution in [0.1, 0.15) is 18.4 Å². The molecule has 1 unspecified atom stereocenters. The number of nitrogens with zero attached hydrogens (tertiary/aromatic N) is 1. The maximum absolute atomic E-state index is 11.4. The Labute approximate surface area is 156 Å². The van der Waals surface area contributed by atoms with Crippen molar-refractivity contribution in [2.45, 2.75) is 19.3 Å². The van der Waals surface area contributed by atoms with Crippen LogP contribution in [0.4, 0.5) is 0 Å². The highest BCUT2D eigenvalue weighted by Gasteiger charge is 2.27. The van der Waals surface area contributed by atoms with Gasteiger partial charge in [-0.3, -0.25) is 4.99 Å². The molecule has 0 aliphatic carbocycles. The molecule has 0 saturated carbocycles. The van der Waals surface area contributed by atoms with Crippen LogP contribution < -0.4 is 10.6 Å². The zero-order valence-electron chi connectivity index (χ0n) is 13.5. The van der Waals surface area contributed by atoms with Gasteiger partial charge in [-0.05, 0) is 30.7 Å². The van der Waals surface area contributed by atoms with Gasteiger partial charge < -0.3 is 10.6 Å². The summed E-state index contributed by atoms with van der Waals surface area (Å²) in [4.78, 5) is 4.17. The fourth-order valence-corrected chi connectivity index (χ4v) is 4.50. The second-order valence-corrected chi connectivity index (χ2v) is 7.97. The number of hydrogen-bond donors (Lipinski definition) is 2. The molecule has 1 fully saturated rings. The first-order valence-electron chi connectivity index (χ1n) is 7.78. The molecule has 23 heavy (non-hydrogen) atoms. The van der Waals surface area contributed by atoms with Crippen LogP contribution in [0.2, 0.25) is 0 Å². The first kappa shape index (κ1) is 20.2. The fraction of sp³-hybridized carbons (Fsp3) is 0.562. The summed E-state index contributed by atoms with van der Waals surface area (Å²) in [5, 5.41) is 6.50. The summed E-state index contributed by atoms with van der Waals surface area (Å²) in [7, 11) is -1.07. The summed E-state index contributed by atoms with van der Waals surface area (Å²) in [5.41, 5.74) is 1.34. The van der Waals surface area contributed by atoms with Gasteiger partial charge in [0, 0.05) is 20.1 Å². The van der Waals surface area contributed by atoms with E-state index < -0.39 is 9.84 Å². The number of nitrogens with one attached hydrogen (secondary N) is 2. The molecular weight excluding hydrogens is 425 g/mol. The van der Waals surface area contributed by atoms with Gasteiger partial charge in [0.05, 0.1) is 11.5 Å². The highest BCUT2D eigenvalue weighted by Crippen LogP contribution is 2.17. The van der Waals surface area contributed by atoms with Crippen molar-refractivity contribution in [2.24, 2.45) is 10.9 Å². The molecule has 0 radical (unpaired) electrons. The van der Waals surface area contributed by atoms with Gasteiger partial charge in [0.15, 0.2) is 15.8 Å². The quantitative estimate of drug-likeness (QED) is 0.300. The Morgan fingerprint density at radius 1 is 1.26 bits per heavy atom. The predicted octanol–water partition coefficient (Wildman–Crippen LogP) is 1.84. The van der Waals surface area contributed by atoms with E-state index in [1.54, 1.807) is 7.05 Å². The first-order chi connectivity index (χ1) is 10.6. The van der Waals surface area contributed by atoms with Crippen molar-refractivity contribution in [3.8, 4) is 0 Å². The lowest BCUT2D eigenvalue weighted by Gasteiger charge is -2.14. The Bertz CT molecular complexity index is 591. The van der Waals surface area contributed by atoms with Gasteiger partial charge >= 0.3 is 0 Å². The van der Waals surface area contributed by atoms with E-state index in [0.717, 1.165) is 31.8 Å². The van der Waals surface area contributed by atoms with Crippen LogP contribution in [0.5, 0.6) is 0 Å². The zero-order valence-corrected chi connectivity index (χ0v) is 16.6. The van der Waals surface area contributed by atoms with Gasteiger partial charge in [-0.25, -0.2) is 8.42 Å². The zero-order chi connectivity index (χ0) is 15.8. The molecule has 0 amide bonds. The summed E-state index contributed by atoms with van der Waals surface area (Å²) >= 11 is 0. The van der Waals surface area contributed by atoms with Crippen molar-refractivity contribution < 1.29 is 8.42 Å². The number of guanidine groups is 1. The number of sulfone groups is 1. The number of benzene rings is 1. The molecule has 2 N–H and O–H groups in total. The topological polar surface area (TPSA) is 70.6 Å². The lowest BCUT2D eigenvalue weighted by Crippen LogP contribution is -2.40. The van der Waals surface area contributed by atoms with Crippen molar-refractivity contribution in [3.63, 3.8) is 0 Å². The van der Waals surface area contributed by atoms with Crippen LogP contribution in [0.3, 0.4) is 0 Å². The summed E-state index contributed by atoms with van der Waals surface area (Å²) in [6.07, 6.45) is 2.81. The molecule has 130 valence electrons. The largest absolute Gasteiger partial charge is 0.356 e. The van der Waals surface area contributed by atoms with Crippen LogP contribution in [0.25, 0.3) is 0 Å². The van der Waals surface area contributed by atoms with Gasteiger partial charge in [-0.15, -0.1) is 24.0 Å². The van der Waals surface area contributed by atoms with Crippen LogP contribution in [0.15, 0.2) is 35.3 Å². The minimum atomic E-state index is -2.80. The van der Waals surface area contributed by atoms with Crippen molar-refractivity contribution in [2.75, 3.05) is 31.6 Å². The van der Waals surface area contributed by atoms with Crippen molar-refractivity contribution in [1.82, 2.24) is 10.6 Å². The van der Waals surface area contributed by atoms with E-state index in [0.29, 0.717) is 18.1 Å². The third-order valence-corrected chi connectivity index (χ3v) is 5.72. The predicted molar refractivity (Wildman–Crippen MR) is 106 cm³/mol. The molecule has 1 atom stereocenters. The molecule has 1 aliphatic rings. The second kappa shape index (κ2) is 10.1. The minimum absolute atomic E-state index is 0.